The quantitative estimate of drug-likeness (QED) is 0.163. The molecule has 4 aliphatic heterocycles. The molecule has 1 saturated carbocycles. The molecule has 7 rings (SSSR count). The Morgan fingerprint density at radius 1 is 0.533 bits per heavy atom. The van der Waals surface area contributed by atoms with Crippen molar-refractivity contribution in [2.45, 2.75) is 129 Å². The van der Waals surface area contributed by atoms with E-state index in [9.17, 15) is 39.0 Å². The number of quaternary nitrogens is 2. The van der Waals surface area contributed by atoms with Gasteiger partial charge in [0, 0.05) is 90.2 Å². The third-order valence-corrected chi connectivity index (χ3v) is 15.2. The van der Waals surface area contributed by atoms with Crippen LogP contribution >= 0.6 is 0 Å². The van der Waals surface area contributed by atoms with E-state index < -0.39 is 46.6 Å². The predicted octanol–water partition coefficient (Wildman–Crippen LogP) is -0.193. The van der Waals surface area contributed by atoms with Gasteiger partial charge in [0.15, 0.2) is 23.0 Å². The monoisotopic (exact) mass is 962 g/mol. The number of nitrogens with zero attached hydrogens (tertiary/aromatic N) is 2. The summed E-state index contributed by atoms with van der Waals surface area (Å²) in [6.07, 6.45) is 6.74. The number of carbonyl (C=O) groups is 6. The van der Waals surface area contributed by atoms with E-state index in [4.69, 9.17) is 18.9 Å². The normalized spacial score (nSPS) is 33.5. The molecule has 4 heterocycles. The molecule has 4 saturated heterocycles. The molecular formula is C44H56Br2N2O12. The average Bonchev–Trinajstić information content (AvgIpc) is 3.33. The second-order valence-corrected chi connectivity index (χ2v) is 18.1. The number of esters is 4. The molecule has 4 unspecified atom stereocenters. The summed E-state index contributed by atoms with van der Waals surface area (Å²) in [5.74, 6) is -4.06. The molecule has 0 radical (unpaired) electrons. The van der Waals surface area contributed by atoms with Gasteiger partial charge in [-0.15, -0.1) is 0 Å². The zero-order valence-electron chi connectivity index (χ0n) is 35.0. The Labute approximate surface area is 371 Å². The largest absolute Gasteiger partial charge is 1.00 e. The number of carboxylic acid groups (broad SMARTS) is 2. The fourth-order valence-corrected chi connectivity index (χ4v) is 12.6. The van der Waals surface area contributed by atoms with Crippen molar-refractivity contribution in [1.29, 1.82) is 0 Å². The van der Waals surface area contributed by atoms with E-state index in [0.29, 0.717) is 60.6 Å². The van der Waals surface area contributed by atoms with Crippen LogP contribution in [0.4, 0.5) is 0 Å². The Hall–Kier alpha value is -3.86. The average molecular weight is 965 g/mol. The first-order chi connectivity index (χ1) is 27.3. The minimum absolute atomic E-state index is 0. The molecule has 14 nitrogen and oxygen atoms in total. The Balaban J connectivity index is 0.00000341. The Kier molecular flexibility index (Phi) is 13.8. The number of fused-ring (bicyclic) bond motifs is 4. The Bertz CT molecular complexity index is 1890. The molecule has 1 aliphatic carbocycles. The van der Waals surface area contributed by atoms with Crippen LogP contribution in [0.25, 0.3) is 0 Å². The first-order valence-electron chi connectivity index (χ1n) is 20.5. The third-order valence-electron chi connectivity index (χ3n) is 15.2. The van der Waals surface area contributed by atoms with Gasteiger partial charge >= 0.3 is 35.8 Å². The molecule has 5 fully saturated rings. The number of rotatable bonds is 12. The van der Waals surface area contributed by atoms with Gasteiger partial charge in [-0.3, -0.25) is 28.8 Å². The van der Waals surface area contributed by atoms with Crippen LogP contribution in [0.15, 0.2) is 36.4 Å². The van der Waals surface area contributed by atoms with Crippen LogP contribution in [0.2, 0.25) is 0 Å². The van der Waals surface area contributed by atoms with Crippen molar-refractivity contribution < 1.29 is 101 Å². The summed E-state index contributed by atoms with van der Waals surface area (Å²) >= 11 is 0. The molecule has 2 aromatic rings. The standard InChI is InChI=1S/C44H54N2O12.2BrH/c1-25(47)55-37-13-7-29(17-39(37)57-27(3)49)23-45(5)33-9-10-34(45)20-31(19-33)43(41(51)52)15-16-44(43,42(53)54)32-21-35-11-12-36(22-32)46(35,6)24-30-8-14-38(56-26(2)48)40(18-30)58-28(4)50;;/h7-8,13-14,17-18,31-36H,9-12,15-16,19-24H2,1-6H3;2*1H/t31?,32?,33?,34?,35?,36?,43-,44+,45?,46?;;. The second-order valence-electron chi connectivity index (χ2n) is 18.1. The van der Waals surface area contributed by atoms with Crippen LogP contribution < -0.4 is 52.9 Å². The van der Waals surface area contributed by atoms with Crippen molar-refractivity contribution in [1.82, 2.24) is 0 Å². The molecule has 6 atom stereocenters. The van der Waals surface area contributed by atoms with E-state index in [1.807, 2.05) is 12.1 Å². The zero-order chi connectivity index (χ0) is 41.9. The van der Waals surface area contributed by atoms with E-state index in [-0.39, 0.29) is 93.0 Å². The number of benzene rings is 2. The molecule has 60 heavy (non-hydrogen) atoms. The molecule has 0 spiro atoms. The zero-order valence-corrected chi connectivity index (χ0v) is 38.2. The molecule has 328 valence electrons. The maximum absolute atomic E-state index is 13.8. The van der Waals surface area contributed by atoms with Gasteiger partial charge in [0.2, 0.25) is 0 Å². The highest BCUT2D eigenvalue weighted by molar-refractivity contribution is 5.89. The van der Waals surface area contributed by atoms with Gasteiger partial charge in [-0.2, -0.15) is 0 Å². The molecule has 16 heteroatoms. The van der Waals surface area contributed by atoms with Crippen LogP contribution in [0, 0.1) is 22.7 Å². The molecule has 0 aromatic heterocycles. The lowest BCUT2D eigenvalue weighted by molar-refractivity contribution is -0.963. The summed E-state index contributed by atoms with van der Waals surface area (Å²) in [4.78, 5) is 74.9. The number of hydrogen-bond acceptors (Lipinski definition) is 10. The molecule has 5 aliphatic rings. The number of halogens is 2. The molecule has 2 N–H and O–H groups in total. The summed E-state index contributed by atoms with van der Waals surface area (Å²) in [6, 6.07) is 10.9. The lowest BCUT2D eigenvalue weighted by Crippen LogP contribution is -3.00. The molecule has 2 aromatic carbocycles. The van der Waals surface area contributed by atoms with Crippen LogP contribution in [0.5, 0.6) is 23.0 Å². The summed E-state index contributed by atoms with van der Waals surface area (Å²) in [6.45, 7) is 6.32. The number of piperidine rings is 2. The fraction of sp³-hybridized carbons (Fsp3) is 0.591. The van der Waals surface area contributed by atoms with E-state index in [0.717, 1.165) is 36.8 Å². The molecular weight excluding hydrogens is 908 g/mol. The van der Waals surface area contributed by atoms with E-state index >= 15 is 0 Å². The highest BCUT2D eigenvalue weighted by Crippen LogP contribution is 2.71. The van der Waals surface area contributed by atoms with Gasteiger partial charge in [0.25, 0.3) is 0 Å². The Morgan fingerprint density at radius 3 is 1.07 bits per heavy atom. The summed E-state index contributed by atoms with van der Waals surface area (Å²) in [7, 11) is 4.39. The van der Waals surface area contributed by atoms with E-state index in [1.54, 1.807) is 24.3 Å². The summed E-state index contributed by atoms with van der Waals surface area (Å²) in [5.41, 5.74) is -0.975. The first-order valence-corrected chi connectivity index (χ1v) is 20.5. The highest BCUT2D eigenvalue weighted by atomic mass is 79.9. The van der Waals surface area contributed by atoms with Crippen LogP contribution in [-0.2, 0) is 41.9 Å². The molecule has 0 amide bonds. The smallest absolute Gasteiger partial charge is 0.311 e. The number of hydrogen-bond donors (Lipinski definition) is 2. The highest BCUT2D eigenvalue weighted by Gasteiger charge is 2.76. The summed E-state index contributed by atoms with van der Waals surface area (Å²) in [5, 5.41) is 22.6. The predicted molar refractivity (Wildman–Crippen MR) is 206 cm³/mol. The Morgan fingerprint density at radius 2 is 0.817 bits per heavy atom. The first kappa shape index (κ1) is 47.2. The van der Waals surface area contributed by atoms with Crippen molar-refractivity contribution in [3.05, 3.63) is 47.5 Å². The van der Waals surface area contributed by atoms with E-state index in [2.05, 4.69) is 14.1 Å². The van der Waals surface area contributed by atoms with Gasteiger partial charge in [0.1, 0.15) is 13.1 Å². The van der Waals surface area contributed by atoms with Crippen LogP contribution in [0.3, 0.4) is 0 Å². The maximum Gasteiger partial charge on any atom is 0.311 e. The number of aliphatic carboxylic acids is 2. The van der Waals surface area contributed by atoms with Crippen LogP contribution in [0.1, 0.15) is 103 Å². The SMILES string of the molecule is CC(=O)Oc1ccc(C[N+]2(C)C3CCC2CC([C@@]2(C(=O)O)CC[C@@]2(C(=O)O)C2CC4CCC(C2)[N+]4(C)Cc2ccc(OC(C)=O)c(OC(C)=O)c2)C3)cc1OC(C)=O.[Br-].[Br-]. The van der Waals surface area contributed by atoms with Gasteiger partial charge < -0.3 is 72.1 Å². The van der Waals surface area contributed by atoms with Crippen molar-refractivity contribution >= 4 is 35.8 Å². The van der Waals surface area contributed by atoms with Gasteiger partial charge in [-0.1, -0.05) is 0 Å². The minimum atomic E-state index is -1.38. The van der Waals surface area contributed by atoms with Crippen molar-refractivity contribution in [2.24, 2.45) is 22.7 Å². The fourth-order valence-electron chi connectivity index (χ4n) is 12.6. The van der Waals surface area contributed by atoms with Gasteiger partial charge in [-0.25, -0.2) is 0 Å². The van der Waals surface area contributed by atoms with E-state index in [1.165, 1.54) is 27.7 Å². The van der Waals surface area contributed by atoms with Crippen molar-refractivity contribution in [3.8, 4) is 23.0 Å². The summed E-state index contributed by atoms with van der Waals surface area (Å²) < 4.78 is 22.7. The maximum atomic E-state index is 13.8. The number of carbonyl (C=O) groups excluding carboxylic acids is 4. The lowest BCUT2D eigenvalue weighted by Gasteiger charge is -2.64. The topological polar surface area (TPSA) is 180 Å². The van der Waals surface area contributed by atoms with Crippen molar-refractivity contribution in [3.63, 3.8) is 0 Å². The molecule has 4 bridgehead atoms. The second kappa shape index (κ2) is 17.5. The number of carboxylic acids is 2. The van der Waals surface area contributed by atoms with Crippen LogP contribution in [-0.4, -0.2) is 93.3 Å². The van der Waals surface area contributed by atoms with Crippen molar-refractivity contribution in [2.75, 3.05) is 14.1 Å². The lowest BCUT2D eigenvalue weighted by atomic mass is 9.38. The van der Waals surface area contributed by atoms with Gasteiger partial charge in [-0.05, 0) is 61.1 Å². The van der Waals surface area contributed by atoms with Gasteiger partial charge in [0.05, 0.1) is 49.1 Å². The third kappa shape index (κ3) is 8.01. The number of ether oxygens (including phenoxy) is 4. The minimum Gasteiger partial charge on any atom is -1.00 e.